The topological polar surface area (TPSA) is 79.5 Å². The standard InChI is InChI=1S/C11H17N3O2/c1-8(2)14(5-6-15)11(16)9-3-4-10(12)13-7-9/h3-4,7-8,15H,5-6H2,1-2H3,(H2,12,13). The number of nitrogen functional groups attached to an aromatic ring is 1. The zero-order valence-corrected chi connectivity index (χ0v) is 9.55. The van der Waals surface area contributed by atoms with E-state index >= 15 is 0 Å². The number of anilines is 1. The molecule has 3 N–H and O–H groups in total. The van der Waals surface area contributed by atoms with Crippen LogP contribution in [0.4, 0.5) is 5.82 Å². The minimum absolute atomic E-state index is 0.0391. The number of carbonyl (C=O) groups is 1. The van der Waals surface area contributed by atoms with Crippen LogP contribution in [-0.4, -0.2) is 40.1 Å². The quantitative estimate of drug-likeness (QED) is 0.779. The van der Waals surface area contributed by atoms with Crippen molar-refractivity contribution >= 4 is 11.7 Å². The summed E-state index contributed by atoms with van der Waals surface area (Å²) < 4.78 is 0. The van der Waals surface area contributed by atoms with Crippen LogP contribution in [0.15, 0.2) is 18.3 Å². The summed E-state index contributed by atoms with van der Waals surface area (Å²) in [5.41, 5.74) is 5.93. The van der Waals surface area contributed by atoms with Crippen LogP contribution >= 0.6 is 0 Å². The van der Waals surface area contributed by atoms with Gasteiger partial charge in [-0.1, -0.05) is 0 Å². The van der Waals surface area contributed by atoms with E-state index in [-0.39, 0.29) is 18.6 Å². The van der Waals surface area contributed by atoms with Gasteiger partial charge in [0.2, 0.25) is 0 Å². The van der Waals surface area contributed by atoms with E-state index < -0.39 is 0 Å². The molecule has 16 heavy (non-hydrogen) atoms. The Bertz CT molecular complexity index is 349. The number of aliphatic hydroxyl groups excluding tert-OH is 1. The third-order valence-electron chi connectivity index (χ3n) is 2.26. The molecule has 1 rings (SSSR count). The van der Waals surface area contributed by atoms with Gasteiger partial charge in [0.15, 0.2) is 0 Å². The Labute approximate surface area is 94.9 Å². The molecule has 0 unspecified atom stereocenters. The lowest BCUT2D eigenvalue weighted by Crippen LogP contribution is -2.39. The Morgan fingerprint density at radius 2 is 2.25 bits per heavy atom. The lowest BCUT2D eigenvalue weighted by molar-refractivity contribution is 0.0665. The number of aliphatic hydroxyl groups is 1. The molecule has 0 radical (unpaired) electrons. The molecule has 0 saturated carbocycles. The molecule has 1 aromatic heterocycles. The van der Waals surface area contributed by atoms with Crippen LogP contribution in [0.3, 0.4) is 0 Å². The molecule has 0 spiro atoms. The highest BCUT2D eigenvalue weighted by Crippen LogP contribution is 2.08. The summed E-state index contributed by atoms with van der Waals surface area (Å²) in [6.45, 7) is 4.07. The summed E-state index contributed by atoms with van der Waals surface area (Å²) >= 11 is 0. The molecule has 0 atom stereocenters. The highest BCUT2D eigenvalue weighted by atomic mass is 16.3. The van der Waals surface area contributed by atoms with Crippen LogP contribution in [0.1, 0.15) is 24.2 Å². The highest BCUT2D eigenvalue weighted by molar-refractivity contribution is 5.94. The molecule has 5 nitrogen and oxygen atoms in total. The molecule has 1 heterocycles. The second kappa shape index (κ2) is 5.46. The summed E-state index contributed by atoms with van der Waals surface area (Å²) in [6, 6.07) is 3.26. The molecule has 0 aliphatic rings. The number of hydrogen-bond donors (Lipinski definition) is 2. The molecule has 5 heteroatoms. The molecule has 0 aliphatic carbocycles. The van der Waals surface area contributed by atoms with Crippen molar-refractivity contribution in [2.24, 2.45) is 0 Å². The maximum absolute atomic E-state index is 12.0. The average Bonchev–Trinajstić information content (AvgIpc) is 2.25. The van der Waals surface area contributed by atoms with E-state index in [1.54, 1.807) is 17.0 Å². The monoisotopic (exact) mass is 223 g/mol. The van der Waals surface area contributed by atoms with Crippen LogP contribution in [0.25, 0.3) is 0 Å². The van der Waals surface area contributed by atoms with E-state index in [2.05, 4.69) is 4.98 Å². The summed E-state index contributed by atoms with van der Waals surface area (Å²) in [5.74, 6) is 0.242. The predicted octanol–water partition coefficient (Wildman–Crippen LogP) is 0.507. The van der Waals surface area contributed by atoms with E-state index in [4.69, 9.17) is 10.8 Å². The fourth-order valence-electron chi connectivity index (χ4n) is 1.40. The number of pyridine rings is 1. The SMILES string of the molecule is CC(C)N(CCO)C(=O)c1ccc(N)nc1. The van der Waals surface area contributed by atoms with Gasteiger partial charge in [0, 0.05) is 18.8 Å². The van der Waals surface area contributed by atoms with Gasteiger partial charge in [0.1, 0.15) is 5.82 Å². The maximum atomic E-state index is 12.0. The molecular formula is C11H17N3O2. The van der Waals surface area contributed by atoms with Crippen molar-refractivity contribution in [2.45, 2.75) is 19.9 Å². The number of nitrogens with zero attached hydrogens (tertiary/aromatic N) is 2. The third kappa shape index (κ3) is 2.93. The largest absolute Gasteiger partial charge is 0.395 e. The number of amides is 1. The Morgan fingerprint density at radius 1 is 1.56 bits per heavy atom. The van der Waals surface area contributed by atoms with Crippen LogP contribution in [0, 0.1) is 0 Å². The first-order chi connectivity index (χ1) is 7.56. The van der Waals surface area contributed by atoms with Crippen LogP contribution in [0.2, 0.25) is 0 Å². The summed E-state index contributed by atoms with van der Waals surface area (Å²) in [7, 11) is 0. The molecule has 0 saturated heterocycles. The highest BCUT2D eigenvalue weighted by Gasteiger charge is 2.18. The predicted molar refractivity (Wildman–Crippen MR) is 61.9 cm³/mol. The van der Waals surface area contributed by atoms with Gasteiger partial charge >= 0.3 is 0 Å². The molecule has 1 amide bonds. The smallest absolute Gasteiger partial charge is 0.255 e. The number of hydrogen-bond acceptors (Lipinski definition) is 4. The van der Waals surface area contributed by atoms with Crippen LogP contribution in [0.5, 0.6) is 0 Å². The van der Waals surface area contributed by atoms with Crippen molar-refractivity contribution in [1.29, 1.82) is 0 Å². The van der Waals surface area contributed by atoms with Crippen molar-refractivity contribution in [1.82, 2.24) is 9.88 Å². The second-order valence-corrected chi connectivity index (χ2v) is 3.79. The third-order valence-corrected chi connectivity index (χ3v) is 2.26. The Balaban J connectivity index is 2.86. The first-order valence-corrected chi connectivity index (χ1v) is 5.19. The number of nitrogens with two attached hydrogens (primary N) is 1. The Morgan fingerprint density at radius 3 is 2.69 bits per heavy atom. The van der Waals surface area contributed by atoms with Crippen LogP contribution in [-0.2, 0) is 0 Å². The van der Waals surface area contributed by atoms with Crippen molar-refractivity contribution in [3.63, 3.8) is 0 Å². The summed E-state index contributed by atoms with van der Waals surface area (Å²) in [5, 5.41) is 8.90. The molecular weight excluding hydrogens is 206 g/mol. The average molecular weight is 223 g/mol. The Hall–Kier alpha value is -1.62. The lowest BCUT2D eigenvalue weighted by atomic mass is 10.2. The number of rotatable bonds is 4. The zero-order chi connectivity index (χ0) is 12.1. The molecule has 1 aromatic rings. The van der Waals surface area contributed by atoms with Crippen molar-refractivity contribution in [2.75, 3.05) is 18.9 Å². The minimum atomic E-state index is -0.142. The molecule has 0 fully saturated rings. The van der Waals surface area contributed by atoms with Gasteiger partial charge in [-0.2, -0.15) is 0 Å². The van der Waals surface area contributed by atoms with E-state index in [0.717, 1.165) is 0 Å². The Kier molecular flexibility index (Phi) is 4.25. The van der Waals surface area contributed by atoms with Crippen molar-refractivity contribution < 1.29 is 9.90 Å². The van der Waals surface area contributed by atoms with Gasteiger partial charge < -0.3 is 15.7 Å². The number of aromatic nitrogens is 1. The van der Waals surface area contributed by atoms with E-state index in [1.165, 1.54) is 6.20 Å². The minimum Gasteiger partial charge on any atom is -0.395 e. The second-order valence-electron chi connectivity index (χ2n) is 3.79. The zero-order valence-electron chi connectivity index (χ0n) is 9.55. The van der Waals surface area contributed by atoms with Gasteiger partial charge in [0.25, 0.3) is 5.91 Å². The van der Waals surface area contributed by atoms with Crippen molar-refractivity contribution in [3.05, 3.63) is 23.9 Å². The molecule has 0 bridgehead atoms. The van der Waals surface area contributed by atoms with E-state index in [9.17, 15) is 4.79 Å². The van der Waals surface area contributed by atoms with Gasteiger partial charge in [-0.25, -0.2) is 4.98 Å². The van der Waals surface area contributed by atoms with Gasteiger partial charge in [-0.05, 0) is 26.0 Å². The van der Waals surface area contributed by atoms with E-state index in [0.29, 0.717) is 17.9 Å². The number of carbonyl (C=O) groups excluding carboxylic acids is 1. The lowest BCUT2D eigenvalue weighted by Gasteiger charge is -2.25. The molecule has 0 aliphatic heterocycles. The normalized spacial score (nSPS) is 10.5. The molecule has 0 aromatic carbocycles. The first-order valence-electron chi connectivity index (χ1n) is 5.19. The first kappa shape index (κ1) is 12.4. The van der Waals surface area contributed by atoms with Gasteiger partial charge in [0.05, 0.1) is 12.2 Å². The van der Waals surface area contributed by atoms with Gasteiger partial charge in [-0.15, -0.1) is 0 Å². The summed E-state index contributed by atoms with van der Waals surface area (Å²) in [4.78, 5) is 17.5. The maximum Gasteiger partial charge on any atom is 0.255 e. The van der Waals surface area contributed by atoms with Gasteiger partial charge in [-0.3, -0.25) is 4.79 Å². The fraction of sp³-hybridized carbons (Fsp3) is 0.455. The fourth-order valence-corrected chi connectivity index (χ4v) is 1.40. The van der Waals surface area contributed by atoms with Crippen molar-refractivity contribution in [3.8, 4) is 0 Å². The van der Waals surface area contributed by atoms with E-state index in [1.807, 2.05) is 13.8 Å². The summed E-state index contributed by atoms with van der Waals surface area (Å²) in [6.07, 6.45) is 1.45. The van der Waals surface area contributed by atoms with Crippen LogP contribution < -0.4 is 5.73 Å². The molecule has 88 valence electrons.